The number of hydrogen-bond donors (Lipinski definition) is 1. The average Bonchev–Trinajstić information content (AvgIpc) is 2.49. The molecule has 0 radical (unpaired) electrons. The topological polar surface area (TPSA) is 15.3 Å². The van der Waals surface area contributed by atoms with Crippen LogP contribution in [0.3, 0.4) is 0 Å². The number of nitrogens with one attached hydrogen (secondary N) is 1. The van der Waals surface area contributed by atoms with Crippen LogP contribution in [0.15, 0.2) is 54.6 Å². The highest BCUT2D eigenvalue weighted by Gasteiger charge is 2.32. The maximum atomic E-state index is 3.69. The van der Waals surface area contributed by atoms with Gasteiger partial charge < -0.3 is 10.2 Å². The highest BCUT2D eigenvalue weighted by atomic mass is 127. The molecule has 1 fully saturated rings. The van der Waals surface area contributed by atoms with Crippen LogP contribution in [0.1, 0.15) is 12.5 Å². The summed E-state index contributed by atoms with van der Waals surface area (Å²) in [6.45, 7) is 5.36. The van der Waals surface area contributed by atoms with Gasteiger partial charge in [0.25, 0.3) is 0 Å². The quantitative estimate of drug-likeness (QED) is 0.804. The summed E-state index contributed by atoms with van der Waals surface area (Å²) in [5, 5.41) is 3.69. The van der Waals surface area contributed by atoms with E-state index >= 15 is 0 Å². The van der Waals surface area contributed by atoms with Gasteiger partial charge in [0.15, 0.2) is 0 Å². The molecule has 0 aromatic heterocycles. The van der Waals surface area contributed by atoms with E-state index in [4.69, 9.17) is 0 Å². The number of rotatable bonds is 2. The Morgan fingerprint density at radius 3 is 2.50 bits per heavy atom. The van der Waals surface area contributed by atoms with Crippen molar-refractivity contribution in [1.82, 2.24) is 5.32 Å². The third kappa shape index (κ3) is 2.69. The van der Waals surface area contributed by atoms with Crippen molar-refractivity contribution in [2.45, 2.75) is 12.5 Å². The monoisotopic (exact) mass is 378 g/mol. The molecule has 0 saturated carbocycles. The minimum absolute atomic E-state index is 0.0123. The summed E-state index contributed by atoms with van der Waals surface area (Å²) >= 11 is 2.43. The lowest BCUT2D eigenvalue weighted by Crippen LogP contribution is -2.57. The number of halogens is 1. The normalized spacial score (nSPS) is 22.8. The second-order valence-electron chi connectivity index (χ2n) is 5.50. The fourth-order valence-corrected chi connectivity index (χ4v) is 3.63. The van der Waals surface area contributed by atoms with Gasteiger partial charge in [-0.3, -0.25) is 0 Å². The predicted octanol–water partition coefficient (Wildman–Crippen LogP) is 3.62. The van der Waals surface area contributed by atoms with Crippen molar-refractivity contribution in [3.8, 4) is 0 Å². The zero-order valence-electron chi connectivity index (χ0n) is 11.6. The molecule has 0 aliphatic carbocycles. The van der Waals surface area contributed by atoms with E-state index in [1.807, 2.05) is 0 Å². The number of para-hydroxylation sites is 1. The van der Waals surface area contributed by atoms with Crippen molar-refractivity contribution in [3.63, 3.8) is 0 Å². The summed E-state index contributed by atoms with van der Waals surface area (Å²) < 4.78 is 1.32. The maximum Gasteiger partial charge on any atom is 0.0584 e. The molecular weight excluding hydrogens is 359 g/mol. The van der Waals surface area contributed by atoms with Crippen LogP contribution in [-0.2, 0) is 5.54 Å². The average molecular weight is 378 g/mol. The van der Waals surface area contributed by atoms with E-state index in [9.17, 15) is 0 Å². The summed E-state index contributed by atoms with van der Waals surface area (Å²) in [4.78, 5) is 2.49. The smallest absolute Gasteiger partial charge is 0.0584 e. The van der Waals surface area contributed by atoms with E-state index in [-0.39, 0.29) is 5.54 Å². The van der Waals surface area contributed by atoms with E-state index in [2.05, 4.69) is 94.3 Å². The van der Waals surface area contributed by atoms with Crippen LogP contribution in [0.4, 0.5) is 5.69 Å². The molecule has 2 aromatic rings. The Morgan fingerprint density at radius 2 is 1.75 bits per heavy atom. The molecule has 0 spiro atoms. The molecule has 0 amide bonds. The Hall–Kier alpha value is -1.07. The van der Waals surface area contributed by atoms with Gasteiger partial charge >= 0.3 is 0 Å². The number of anilines is 1. The maximum absolute atomic E-state index is 3.69. The third-order valence-electron chi connectivity index (χ3n) is 4.01. The molecular formula is C17H19IN2. The molecule has 1 aliphatic heterocycles. The van der Waals surface area contributed by atoms with E-state index in [1.54, 1.807) is 0 Å². The Labute approximate surface area is 134 Å². The first-order valence-electron chi connectivity index (χ1n) is 6.99. The molecule has 20 heavy (non-hydrogen) atoms. The summed E-state index contributed by atoms with van der Waals surface area (Å²) in [5.41, 5.74) is 2.71. The molecule has 1 atom stereocenters. The van der Waals surface area contributed by atoms with Crippen LogP contribution in [0.2, 0.25) is 0 Å². The van der Waals surface area contributed by atoms with Crippen LogP contribution in [0, 0.1) is 3.57 Å². The molecule has 1 heterocycles. The van der Waals surface area contributed by atoms with Crippen LogP contribution in [-0.4, -0.2) is 19.6 Å². The zero-order chi connectivity index (χ0) is 14.0. The Kier molecular flexibility index (Phi) is 3.98. The molecule has 1 unspecified atom stereocenters. The largest absolute Gasteiger partial charge is 0.367 e. The van der Waals surface area contributed by atoms with Gasteiger partial charge in [-0.25, -0.2) is 0 Å². The van der Waals surface area contributed by atoms with Crippen molar-refractivity contribution >= 4 is 28.3 Å². The van der Waals surface area contributed by atoms with Crippen molar-refractivity contribution in [2.24, 2.45) is 0 Å². The predicted molar refractivity (Wildman–Crippen MR) is 93.2 cm³/mol. The molecule has 3 heteroatoms. The van der Waals surface area contributed by atoms with Crippen LogP contribution in [0.25, 0.3) is 0 Å². The fraction of sp³-hybridized carbons (Fsp3) is 0.294. The molecule has 104 valence electrons. The van der Waals surface area contributed by atoms with Gasteiger partial charge in [-0.2, -0.15) is 0 Å². The first kappa shape index (κ1) is 13.9. The van der Waals surface area contributed by atoms with E-state index in [1.165, 1.54) is 14.8 Å². The van der Waals surface area contributed by atoms with Crippen LogP contribution in [0.5, 0.6) is 0 Å². The zero-order valence-corrected chi connectivity index (χ0v) is 13.8. The van der Waals surface area contributed by atoms with Crippen molar-refractivity contribution < 1.29 is 0 Å². The second-order valence-corrected chi connectivity index (χ2v) is 6.66. The first-order valence-corrected chi connectivity index (χ1v) is 8.07. The summed E-state index contributed by atoms with van der Waals surface area (Å²) in [6.07, 6.45) is 0. The lowest BCUT2D eigenvalue weighted by molar-refractivity contribution is 0.332. The van der Waals surface area contributed by atoms with Gasteiger partial charge in [-0.1, -0.05) is 42.5 Å². The molecule has 3 rings (SSSR count). The van der Waals surface area contributed by atoms with Gasteiger partial charge in [0.05, 0.1) is 11.2 Å². The highest BCUT2D eigenvalue weighted by molar-refractivity contribution is 14.1. The van der Waals surface area contributed by atoms with Crippen molar-refractivity contribution in [1.29, 1.82) is 0 Å². The summed E-state index contributed by atoms with van der Waals surface area (Å²) in [5.74, 6) is 0. The number of nitrogens with zero attached hydrogens (tertiary/aromatic N) is 1. The Morgan fingerprint density at radius 1 is 1.05 bits per heavy atom. The standard InChI is InChI=1S/C17H19IN2/c1-17(14-7-3-2-4-8-14)13-20(12-11-19-17)16-10-6-5-9-15(16)18/h2-10,19H,11-13H2,1H3. The molecule has 0 bridgehead atoms. The van der Waals surface area contributed by atoms with Crippen LogP contribution >= 0.6 is 22.6 Å². The second kappa shape index (κ2) is 5.74. The number of hydrogen-bond acceptors (Lipinski definition) is 2. The van der Waals surface area contributed by atoms with Crippen LogP contribution < -0.4 is 10.2 Å². The molecule has 1 N–H and O–H groups in total. The number of benzene rings is 2. The molecule has 1 saturated heterocycles. The lowest BCUT2D eigenvalue weighted by Gasteiger charge is -2.43. The van der Waals surface area contributed by atoms with Gasteiger partial charge in [-0.05, 0) is 47.2 Å². The van der Waals surface area contributed by atoms with Gasteiger partial charge in [0.1, 0.15) is 0 Å². The van der Waals surface area contributed by atoms with E-state index in [0.29, 0.717) is 0 Å². The fourth-order valence-electron chi connectivity index (χ4n) is 2.90. The molecule has 2 nitrogen and oxygen atoms in total. The highest BCUT2D eigenvalue weighted by Crippen LogP contribution is 2.29. The van der Waals surface area contributed by atoms with Crippen molar-refractivity contribution in [3.05, 3.63) is 63.7 Å². The molecule has 2 aromatic carbocycles. The summed E-state index contributed by atoms with van der Waals surface area (Å²) in [6, 6.07) is 19.4. The third-order valence-corrected chi connectivity index (χ3v) is 4.92. The number of piperazine rings is 1. The minimum Gasteiger partial charge on any atom is -0.367 e. The van der Waals surface area contributed by atoms with Gasteiger partial charge in [0.2, 0.25) is 0 Å². The van der Waals surface area contributed by atoms with E-state index in [0.717, 1.165) is 19.6 Å². The van der Waals surface area contributed by atoms with Gasteiger partial charge in [0, 0.05) is 23.2 Å². The minimum atomic E-state index is 0.0123. The molecule has 1 aliphatic rings. The van der Waals surface area contributed by atoms with Crippen molar-refractivity contribution in [2.75, 3.05) is 24.5 Å². The Balaban J connectivity index is 1.89. The lowest BCUT2D eigenvalue weighted by atomic mass is 9.89. The summed E-state index contributed by atoms with van der Waals surface area (Å²) in [7, 11) is 0. The Bertz CT molecular complexity index is 585. The SMILES string of the molecule is CC1(c2ccccc2)CN(c2ccccc2I)CCN1. The first-order chi connectivity index (χ1) is 9.69. The van der Waals surface area contributed by atoms with Gasteiger partial charge in [-0.15, -0.1) is 0 Å². The van der Waals surface area contributed by atoms with E-state index < -0.39 is 0 Å².